The quantitative estimate of drug-likeness (QED) is 0.902. The van der Waals surface area contributed by atoms with E-state index >= 15 is 0 Å². The van der Waals surface area contributed by atoms with E-state index in [2.05, 4.69) is 5.32 Å². The summed E-state index contributed by atoms with van der Waals surface area (Å²) in [5.41, 5.74) is 0.332. The van der Waals surface area contributed by atoms with Gasteiger partial charge in [-0.1, -0.05) is 23.2 Å². The summed E-state index contributed by atoms with van der Waals surface area (Å²) in [6, 6.07) is 1.31. The summed E-state index contributed by atoms with van der Waals surface area (Å²) >= 11 is 12.9. The van der Waals surface area contributed by atoms with Crippen LogP contribution in [0.5, 0.6) is 0 Å². The lowest BCUT2D eigenvalue weighted by Gasteiger charge is -2.31. The second-order valence-electron chi connectivity index (χ2n) is 4.67. The molecule has 0 aliphatic carbocycles. The van der Waals surface area contributed by atoms with Gasteiger partial charge in [-0.3, -0.25) is 4.79 Å². The van der Waals surface area contributed by atoms with Crippen molar-refractivity contribution in [1.29, 1.82) is 0 Å². The van der Waals surface area contributed by atoms with Gasteiger partial charge < -0.3 is 5.32 Å². The van der Waals surface area contributed by atoms with Crippen molar-refractivity contribution in [2.75, 3.05) is 19.3 Å². The molecule has 1 unspecified atom stereocenters. The fourth-order valence-corrected chi connectivity index (χ4v) is 4.49. The van der Waals surface area contributed by atoms with Gasteiger partial charge in [0.25, 0.3) is 5.91 Å². The van der Waals surface area contributed by atoms with Crippen molar-refractivity contribution in [2.24, 2.45) is 0 Å². The Morgan fingerprint density at radius 1 is 1.50 bits per heavy atom. The lowest BCUT2D eigenvalue weighted by Crippen LogP contribution is -2.49. The Kier molecular flexibility index (Phi) is 4.96. The summed E-state index contributed by atoms with van der Waals surface area (Å²) in [5, 5.41) is 2.81. The van der Waals surface area contributed by atoms with E-state index in [1.165, 1.54) is 16.6 Å². The van der Waals surface area contributed by atoms with Crippen LogP contribution in [0.1, 0.15) is 23.2 Å². The average molecular weight is 357 g/mol. The summed E-state index contributed by atoms with van der Waals surface area (Å²) in [6.07, 6.45) is 2.64. The summed E-state index contributed by atoms with van der Waals surface area (Å²) < 4.78 is 25.2. The highest BCUT2D eigenvalue weighted by atomic mass is 35.5. The topological polar surface area (TPSA) is 66.5 Å². The van der Waals surface area contributed by atoms with Gasteiger partial charge in [0.1, 0.15) is 4.34 Å². The molecular formula is C11H14Cl2N2O3S2. The highest BCUT2D eigenvalue weighted by Crippen LogP contribution is 2.31. The summed E-state index contributed by atoms with van der Waals surface area (Å²) in [5.74, 6) is -0.321. The maximum absolute atomic E-state index is 12.1. The van der Waals surface area contributed by atoms with Crippen LogP contribution in [0.15, 0.2) is 6.07 Å². The molecule has 0 spiro atoms. The highest BCUT2D eigenvalue weighted by molar-refractivity contribution is 7.88. The lowest BCUT2D eigenvalue weighted by molar-refractivity contribution is 0.0922. The number of rotatable bonds is 3. The first-order valence-electron chi connectivity index (χ1n) is 5.98. The number of nitrogens with one attached hydrogen (secondary N) is 1. The highest BCUT2D eigenvalue weighted by Gasteiger charge is 2.27. The van der Waals surface area contributed by atoms with Gasteiger partial charge in [-0.25, -0.2) is 12.7 Å². The molecule has 0 bridgehead atoms. The normalized spacial score (nSPS) is 20.9. The van der Waals surface area contributed by atoms with Crippen molar-refractivity contribution < 1.29 is 13.2 Å². The van der Waals surface area contributed by atoms with Gasteiger partial charge in [0.15, 0.2) is 0 Å². The predicted octanol–water partition coefficient (Wildman–Crippen LogP) is 2.21. The molecule has 5 nitrogen and oxygen atoms in total. The Hall–Kier alpha value is -0.340. The van der Waals surface area contributed by atoms with Crippen molar-refractivity contribution in [3.05, 3.63) is 20.3 Å². The molecule has 1 aromatic rings. The van der Waals surface area contributed by atoms with Crippen molar-refractivity contribution in [3.8, 4) is 0 Å². The smallest absolute Gasteiger partial charge is 0.253 e. The maximum Gasteiger partial charge on any atom is 0.253 e. The molecule has 20 heavy (non-hydrogen) atoms. The van der Waals surface area contributed by atoms with Crippen molar-refractivity contribution in [1.82, 2.24) is 9.62 Å². The molecule has 1 N–H and O–H groups in total. The molecule has 0 saturated carbocycles. The Labute approximate surface area is 131 Å². The Morgan fingerprint density at radius 3 is 2.75 bits per heavy atom. The Bertz CT molecular complexity index is 615. The van der Waals surface area contributed by atoms with E-state index in [0.717, 1.165) is 24.2 Å². The zero-order chi connectivity index (χ0) is 14.9. The average Bonchev–Trinajstić information content (AvgIpc) is 2.68. The predicted molar refractivity (Wildman–Crippen MR) is 81.2 cm³/mol. The molecular weight excluding hydrogens is 343 g/mol. The van der Waals surface area contributed by atoms with Crippen molar-refractivity contribution in [3.63, 3.8) is 0 Å². The third-order valence-corrected chi connectivity index (χ3v) is 5.85. The number of piperidine rings is 1. The van der Waals surface area contributed by atoms with E-state index in [9.17, 15) is 13.2 Å². The van der Waals surface area contributed by atoms with Crippen LogP contribution in [-0.4, -0.2) is 44.0 Å². The molecule has 9 heteroatoms. The number of hydrogen-bond acceptors (Lipinski definition) is 4. The summed E-state index contributed by atoms with van der Waals surface area (Å²) in [7, 11) is -3.23. The van der Waals surface area contributed by atoms with E-state index in [4.69, 9.17) is 23.2 Å². The second kappa shape index (κ2) is 6.19. The van der Waals surface area contributed by atoms with E-state index < -0.39 is 10.0 Å². The van der Waals surface area contributed by atoms with Gasteiger partial charge in [0.05, 0.1) is 16.2 Å². The first kappa shape index (κ1) is 16.0. The molecule has 0 aromatic carbocycles. The maximum atomic E-state index is 12.1. The first-order valence-corrected chi connectivity index (χ1v) is 9.40. The zero-order valence-electron chi connectivity index (χ0n) is 10.7. The molecule has 0 radical (unpaired) electrons. The minimum atomic E-state index is -3.23. The number of amides is 1. The van der Waals surface area contributed by atoms with Gasteiger partial charge in [-0.2, -0.15) is 0 Å². The minimum absolute atomic E-state index is 0.208. The molecule has 1 aliphatic heterocycles. The first-order chi connectivity index (χ1) is 9.27. The SMILES string of the molecule is CS(=O)(=O)N1CCCC(NC(=O)c2cc(Cl)sc2Cl)C1. The molecule has 1 saturated heterocycles. The zero-order valence-corrected chi connectivity index (χ0v) is 13.9. The van der Waals surface area contributed by atoms with Crippen LogP contribution < -0.4 is 5.32 Å². The van der Waals surface area contributed by atoms with E-state index in [-0.39, 0.29) is 11.9 Å². The standard InChI is InChI=1S/C11H14Cl2N2O3S2/c1-20(17,18)15-4-2-3-7(6-15)14-11(16)8-5-9(12)19-10(8)13/h5,7H,2-4,6H2,1H3,(H,14,16). The van der Waals surface area contributed by atoms with Crippen LogP contribution in [-0.2, 0) is 10.0 Å². The van der Waals surface area contributed by atoms with Crippen LogP contribution >= 0.6 is 34.5 Å². The molecule has 2 heterocycles. The number of carbonyl (C=O) groups is 1. The number of sulfonamides is 1. The van der Waals surface area contributed by atoms with Gasteiger partial charge in [-0.15, -0.1) is 11.3 Å². The van der Waals surface area contributed by atoms with Gasteiger partial charge in [0, 0.05) is 19.1 Å². The molecule has 1 fully saturated rings. The second-order valence-corrected chi connectivity index (χ2v) is 8.94. The number of nitrogens with zero attached hydrogens (tertiary/aromatic N) is 1. The van der Waals surface area contributed by atoms with Crippen LogP contribution in [0.2, 0.25) is 8.67 Å². The number of thiophene rings is 1. The molecule has 112 valence electrons. The van der Waals surface area contributed by atoms with Crippen LogP contribution in [0, 0.1) is 0 Å². The minimum Gasteiger partial charge on any atom is -0.348 e. The largest absolute Gasteiger partial charge is 0.348 e. The fourth-order valence-electron chi connectivity index (χ4n) is 2.12. The molecule has 1 amide bonds. The third-order valence-electron chi connectivity index (χ3n) is 3.09. The van der Waals surface area contributed by atoms with Crippen molar-refractivity contribution >= 4 is 50.5 Å². The van der Waals surface area contributed by atoms with Crippen LogP contribution in [0.4, 0.5) is 0 Å². The summed E-state index contributed by atoms with van der Waals surface area (Å²) in [4.78, 5) is 12.1. The van der Waals surface area contributed by atoms with Crippen LogP contribution in [0.3, 0.4) is 0 Å². The van der Waals surface area contributed by atoms with Gasteiger partial charge in [0.2, 0.25) is 10.0 Å². The number of carbonyl (C=O) groups excluding carboxylic acids is 1. The van der Waals surface area contributed by atoms with E-state index in [1.54, 1.807) is 0 Å². The Morgan fingerprint density at radius 2 is 2.20 bits per heavy atom. The van der Waals surface area contributed by atoms with E-state index in [0.29, 0.717) is 27.3 Å². The molecule has 1 aromatic heterocycles. The molecule has 1 atom stereocenters. The monoisotopic (exact) mass is 356 g/mol. The molecule has 1 aliphatic rings. The Balaban J connectivity index is 2.03. The van der Waals surface area contributed by atoms with E-state index in [1.807, 2.05) is 0 Å². The molecule has 2 rings (SSSR count). The third kappa shape index (κ3) is 3.85. The fraction of sp³-hybridized carbons (Fsp3) is 0.545. The number of halogens is 2. The lowest BCUT2D eigenvalue weighted by atomic mass is 10.1. The van der Waals surface area contributed by atoms with Gasteiger partial charge >= 0.3 is 0 Å². The van der Waals surface area contributed by atoms with Gasteiger partial charge in [-0.05, 0) is 18.9 Å². The van der Waals surface area contributed by atoms with Crippen LogP contribution in [0.25, 0.3) is 0 Å². The van der Waals surface area contributed by atoms with Crippen molar-refractivity contribution in [2.45, 2.75) is 18.9 Å². The number of hydrogen-bond donors (Lipinski definition) is 1. The summed E-state index contributed by atoms with van der Waals surface area (Å²) in [6.45, 7) is 0.788.